The number of thioether (sulfide) groups is 1. The first kappa shape index (κ1) is 9.49. The third-order valence-electron chi connectivity index (χ3n) is 0.730. The Bertz CT molecular complexity index is 140. The number of amidine groups is 1. The van der Waals surface area contributed by atoms with Gasteiger partial charge in [0.15, 0.2) is 5.17 Å². The number of nitrogens with two attached hydrogens (primary N) is 1. The highest BCUT2D eigenvalue weighted by atomic mass is 32.2. The smallest absolute Gasteiger partial charge is 0.180 e. The van der Waals surface area contributed by atoms with E-state index in [-0.39, 0.29) is 0 Å². The molecule has 2 N–H and O–H groups in total. The molecule has 10 heavy (non-hydrogen) atoms. The van der Waals surface area contributed by atoms with Crippen LogP contribution in [0.2, 0.25) is 0 Å². The van der Waals surface area contributed by atoms with E-state index in [0.29, 0.717) is 11.1 Å². The summed E-state index contributed by atoms with van der Waals surface area (Å²) in [5, 5.41) is 7.97. The monoisotopic (exact) mass is 159 g/mol. The molecule has 0 radical (unpaired) electrons. The maximum Gasteiger partial charge on any atom is 0.180 e. The Labute approximate surface area is 65.8 Å². The van der Waals surface area contributed by atoms with Crippen LogP contribution in [0.5, 0.6) is 0 Å². The number of hydrogen-bond donors (Lipinski definition) is 1. The second-order valence-corrected chi connectivity index (χ2v) is 2.98. The molecule has 0 bridgehead atoms. The summed E-state index contributed by atoms with van der Waals surface area (Å²) in [6.07, 6.45) is 3.62. The Morgan fingerprint density at radius 2 is 2.20 bits per heavy atom. The molecule has 0 aromatic rings. The van der Waals surface area contributed by atoms with Gasteiger partial charge in [0.25, 0.3) is 0 Å². The lowest BCUT2D eigenvalue weighted by molar-refractivity contribution is 0.900. The number of hydrogen-bond acceptors (Lipinski definition) is 3. The molecule has 0 aliphatic rings. The lowest BCUT2D eigenvalue weighted by atomic mass is 10.3. The van der Waals surface area contributed by atoms with Gasteiger partial charge in [0, 0.05) is 6.21 Å². The summed E-state index contributed by atoms with van der Waals surface area (Å²) in [6, 6.07) is 0. The highest BCUT2D eigenvalue weighted by Gasteiger charge is 1.84. The molecular weight excluding hydrogens is 146 g/mol. The van der Waals surface area contributed by atoms with Crippen LogP contribution in [-0.2, 0) is 0 Å². The average molecular weight is 159 g/mol. The number of nitrogens with zero attached hydrogens (tertiary/aromatic N) is 2. The summed E-state index contributed by atoms with van der Waals surface area (Å²) in [7, 11) is 0. The Balaban J connectivity index is 3.70. The molecule has 0 aliphatic carbocycles. The van der Waals surface area contributed by atoms with Gasteiger partial charge >= 0.3 is 0 Å². The van der Waals surface area contributed by atoms with Crippen LogP contribution in [0.3, 0.4) is 0 Å². The van der Waals surface area contributed by atoms with Gasteiger partial charge in [-0.3, -0.25) is 0 Å². The first-order chi connectivity index (χ1) is 4.66. The van der Waals surface area contributed by atoms with Crippen molar-refractivity contribution in [3.05, 3.63) is 0 Å². The standard InChI is InChI=1S/C6H13N3S/c1-5(2)4-8-9-6(7)10-3/h4-5H,1-3H3,(H2,7,9)/b8-4+. The molecule has 0 aliphatic heterocycles. The minimum absolute atomic E-state index is 0.429. The fraction of sp³-hybridized carbons (Fsp3) is 0.667. The molecule has 0 saturated heterocycles. The van der Waals surface area contributed by atoms with E-state index < -0.39 is 0 Å². The Kier molecular flexibility index (Phi) is 5.02. The number of rotatable bonds is 2. The molecule has 0 rings (SSSR count). The SMILES string of the molecule is CS/C(N)=N\N=C\C(C)C. The van der Waals surface area contributed by atoms with Crippen molar-refractivity contribution < 1.29 is 0 Å². The van der Waals surface area contributed by atoms with Crippen LogP contribution in [-0.4, -0.2) is 17.6 Å². The highest BCUT2D eigenvalue weighted by Crippen LogP contribution is 1.91. The molecule has 0 heterocycles. The van der Waals surface area contributed by atoms with E-state index in [1.165, 1.54) is 11.8 Å². The Hall–Kier alpha value is -0.510. The fourth-order valence-electron chi connectivity index (χ4n) is 0.264. The van der Waals surface area contributed by atoms with Crippen LogP contribution >= 0.6 is 11.8 Å². The molecule has 4 heteroatoms. The minimum atomic E-state index is 0.429. The molecule has 0 spiro atoms. The molecule has 0 aromatic heterocycles. The summed E-state index contributed by atoms with van der Waals surface area (Å²) in [5.41, 5.74) is 5.36. The third kappa shape index (κ3) is 5.62. The molecular formula is C6H13N3S. The van der Waals surface area contributed by atoms with Crippen LogP contribution in [0.15, 0.2) is 10.2 Å². The van der Waals surface area contributed by atoms with E-state index in [9.17, 15) is 0 Å². The molecule has 0 unspecified atom stereocenters. The molecule has 0 fully saturated rings. The molecule has 0 saturated carbocycles. The Morgan fingerprint density at radius 1 is 1.60 bits per heavy atom. The highest BCUT2D eigenvalue weighted by molar-refractivity contribution is 8.13. The summed E-state index contributed by atoms with van der Waals surface area (Å²) in [6.45, 7) is 4.07. The molecule has 58 valence electrons. The summed E-state index contributed by atoms with van der Waals surface area (Å²) < 4.78 is 0. The van der Waals surface area contributed by atoms with Crippen molar-refractivity contribution in [2.24, 2.45) is 21.9 Å². The van der Waals surface area contributed by atoms with Crippen LogP contribution in [0.25, 0.3) is 0 Å². The van der Waals surface area contributed by atoms with Gasteiger partial charge in [-0.25, -0.2) is 0 Å². The average Bonchev–Trinajstić information content (AvgIpc) is 1.87. The lowest BCUT2D eigenvalue weighted by Crippen LogP contribution is -2.04. The van der Waals surface area contributed by atoms with Gasteiger partial charge < -0.3 is 5.73 Å². The van der Waals surface area contributed by atoms with Crippen LogP contribution in [0, 0.1) is 5.92 Å². The van der Waals surface area contributed by atoms with Crippen molar-refractivity contribution >= 4 is 23.1 Å². The van der Waals surface area contributed by atoms with Gasteiger partial charge in [-0.2, -0.15) is 5.10 Å². The van der Waals surface area contributed by atoms with Crippen molar-refractivity contribution in [3.8, 4) is 0 Å². The van der Waals surface area contributed by atoms with E-state index >= 15 is 0 Å². The Morgan fingerprint density at radius 3 is 2.60 bits per heavy atom. The van der Waals surface area contributed by atoms with E-state index in [4.69, 9.17) is 5.73 Å². The minimum Gasteiger partial charge on any atom is -0.377 e. The van der Waals surface area contributed by atoms with Gasteiger partial charge in [-0.15, -0.1) is 5.10 Å². The third-order valence-corrected chi connectivity index (χ3v) is 1.23. The zero-order valence-corrected chi connectivity index (χ0v) is 7.35. The van der Waals surface area contributed by atoms with Crippen molar-refractivity contribution in [1.82, 2.24) is 0 Å². The predicted molar refractivity (Wildman–Crippen MR) is 48.5 cm³/mol. The maximum absolute atomic E-state index is 5.36. The first-order valence-electron chi connectivity index (χ1n) is 3.07. The fourth-order valence-corrected chi connectivity index (χ4v) is 0.393. The van der Waals surface area contributed by atoms with Gasteiger partial charge in [0.1, 0.15) is 0 Å². The van der Waals surface area contributed by atoms with E-state index in [0.717, 1.165) is 0 Å². The molecule has 3 nitrogen and oxygen atoms in total. The van der Waals surface area contributed by atoms with Crippen LogP contribution in [0.4, 0.5) is 0 Å². The normalized spacial score (nSPS) is 13.4. The molecule has 0 atom stereocenters. The van der Waals surface area contributed by atoms with Gasteiger partial charge in [-0.1, -0.05) is 25.6 Å². The van der Waals surface area contributed by atoms with Crippen molar-refractivity contribution in [1.29, 1.82) is 0 Å². The van der Waals surface area contributed by atoms with E-state index in [2.05, 4.69) is 10.2 Å². The van der Waals surface area contributed by atoms with Crippen molar-refractivity contribution in [3.63, 3.8) is 0 Å². The summed E-state index contributed by atoms with van der Waals surface area (Å²) >= 11 is 1.39. The van der Waals surface area contributed by atoms with E-state index in [1.54, 1.807) is 6.21 Å². The predicted octanol–water partition coefficient (Wildman–Crippen LogP) is 1.31. The van der Waals surface area contributed by atoms with Gasteiger partial charge in [0.2, 0.25) is 0 Å². The second-order valence-electron chi connectivity index (χ2n) is 2.15. The van der Waals surface area contributed by atoms with Crippen LogP contribution < -0.4 is 5.73 Å². The first-order valence-corrected chi connectivity index (χ1v) is 4.30. The van der Waals surface area contributed by atoms with Crippen LogP contribution in [0.1, 0.15) is 13.8 Å². The van der Waals surface area contributed by atoms with Gasteiger partial charge in [0.05, 0.1) is 0 Å². The summed E-state index contributed by atoms with van der Waals surface area (Å²) in [4.78, 5) is 0. The van der Waals surface area contributed by atoms with Gasteiger partial charge in [-0.05, 0) is 12.2 Å². The largest absolute Gasteiger partial charge is 0.377 e. The van der Waals surface area contributed by atoms with Crippen molar-refractivity contribution in [2.75, 3.05) is 6.26 Å². The van der Waals surface area contributed by atoms with Crippen molar-refractivity contribution in [2.45, 2.75) is 13.8 Å². The van der Waals surface area contributed by atoms with E-state index in [1.807, 2.05) is 20.1 Å². The zero-order valence-electron chi connectivity index (χ0n) is 6.53. The molecule has 0 aromatic carbocycles. The topological polar surface area (TPSA) is 50.7 Å². The zero-order chi connectivity index (χ0) is 7.98. The maximum atomic E-state index is 5.36. The summed E-state index contributed by atoms with van der Waals surface area (Å²) in [5.74, 6) is 0.429. The quantitative estimate of drug-likeness (QED) is 0.375. The molecule has 0 amide bonds. The second kappa shape index (κ2) is 5.29. The lowest BCUT2D eigenvalue weighted by Gasteiger charge is -1.90.